The number of carbonyl (C=O) groups is 1. The summed E-state index contributed by atoms with van der Waals surface area (Å²) in [5.74, 6) is 0.895. The van der Waals surface area contributed by atoms with E-state index in [4.69, 9.17) is 9.15 Å². The molecule has 6 heteroatoms. The molecule has 2 aromatic heterocycles. The second-order valence-electron chi connectivity index (χ2n) is 6.41. The molecule has 1 aliphatic heterocycles. The molecule has 1 amide bonds. The predicted molar refractivity (Wildman–Crippen MR) is 93.4 cm³/mol. The third kappa shape index (κ3) is 3.12. The van der Waals surface area contributed by atoms with Gasteiger partial charge in [-0.1, -0.05) is 0 Å². The fourth-order valence-corrected chi connectivity index (χ4v) is 3.57. The van der Waals surface area contributed by atoms with Crippen LogP contribution in [-0.4, -0.2) is 40.3 Å². The van der Waals surface area contributed by atoms with Gasteiger partial charge in [0.15, 0.2) is 0 Å². The number of aromatic nitrogens is 2. The predicted octanol–water partition coefficient (Wildman–Crippen LogP) is 2.87. The van der Waals surface area contributed by atoms with Crippen molar-refractivity contribution in [2.24, 2.45) is 0 Å². The van der Waals surface area contributed by atoms with Crippen LogP contribution >= 0.6 is 0 Å². The van der Waals surface area contributed by atoms with Gasteiger partial charge in [0, 0.05) is 36.0 Å². The van der Waals surface area contributed by atoms with Crippen molar-refractivity contribution >= 4 is 16.9 Å². The first-order valence-electron chi connectivity index (χ1n) is 8.55. The summed E-state index contributed by atoms with van der Waals surface area (Å²) in [6.07, 6.45) is 7.82. The first-order valence-corrected chi connectivity index (χ1v) is 8.55. The van der Waals surface area contributed by atoms with E-state index in [2.05, 4.69) is 5.10 Å². The van der Waals surface area contributed by atoms with Crippen LogP contribution in [0.15, 0.2) is 47.3 Å². The average molecular weight is 339 g/mol. The highest BCUT2D eigenvalue weighted by atomic mass is 16.5. The summed E-state index contributed by atoms with van der Waals surface area (Å²) in [4.78, 5) is 14.8. The quantitative estimate of drug-likeness (QED) is 0.717. The largest absolute Gasteiger partial charge is 0.497 e. The summed E-state index contributed by atoms with van der Waals surface area (Å²) in [6.45, 7) is 1.57. The van der Waals surface area contributed by atoms with Crippen LogP contribution in [0.4, 0.5) is 0 Å². The summed E-state index contributed by atoms with van der Waals surface area (Å²) < 4.78 is 12.7. The van der Waals surface area contributed by atoms with Gasteiger partial charge in [0.1, 0.15) is 11.3 Å². The molecule has 1 atom stereocenters. The number of hydrogen-bond acceptors (Lipinski definition) is 4. The molecule has 1 fully saturated rings. The van der Waals surface area contributed by atoms with Gasteiger partial charge in [0.05, 0.1) is 32.4 Å². The van der Waals surface area contributed by atoms with Crippen LogP contribution in [0.25, 0.3) is 11.0 Å². The maximum absolute atomic E-state index is 12.8. The Kier molecular flexibility index (Phi) is 4.17. The Morgan fingerprint density at radius 1 is 1.44 bits per heavy atom. The van der Waals surface area contributed by atoms with Crippen LogP contribution < -0.4 is 4.74 Å². The van der Waals surface area contributed by atoms with E-state index in [-0.39, 0.29) is 11.9 Å². The Bertz CT molecular complexity index is 869. The molecule has 0 unspecified atom stereocenters. The van der Waals surface area contributed by atoms with Crippen LogP contribution in [0.1, 0.15) is 18.4 Å². The SMILES string of the molecule is COc1ccc2c(CC(=O)N3CCC[C@H]3Cn3cccn3)coc2c1. The highest BCUT2D eigenvalue weighted by Crippen LogP contribution is 2.27. The lowest BCUT2D eigenvalue weighted by Crippen LogP contribution is -2.39. The number of methoxy groups -OCH3 is 1. The van der Waals surface area contributed by atoms with Crippen molar-refractivity contribution in [3.05, 3.63) is 48.5 Å². The Morgan fingerprint density at radius 3 is 3.16 bits per heavy atom. The van der Waals surface area contributed by atoms with Crippen molar-refractivity contribution < 1.29 is 13.9 Å². The molecule has 0 N–H and O–H groups in total. The van der Waals surface area contributed by atoms with E-state index in [1.165, 1.54) is 0 Å². The molecule has 6 nitrogen and oxygen atoms in total. The van der Waals surface area contributed by atoms with Crippen LogP contribution in [0.5, 0.6) is 5.75 Å². The van der Waals surface area contributed by atoms with Gasteiger partial charge in [-0.2, -0.15) is 5.10 Å². The number of fused-ring (bicyclic) bond motifs is 1. The molecule has 0 radical (unpaired) electrons. The Balaban J connectivity index is 1.49. The molecule has 3 aromatic rings. The molecule has 0 aliphatic carbocycles. The van der Waals surface area contributed by atoms with E-state index in [1.54, 1.807) is 19.6 Å². The molecular formula is C19H21N3O3. The minimum absolute atomic E-state index is 0.146. The monoisotopic (exact) mass is 339 g/mol. The van der Waals surface area contributed by atoms with E-state index in [0.29, 0.717) is 6.42 Å². The minimum Gasteiger partial charge on any atom is -0.497 e. The second-order valence-corrected chi connectivity index (χ2v) is 6.41. The maximum atomic E-state index is 12.8. The number of nitrogens with zero attached hydrogens (tertiary/aromatic N) is 3. The Hall–Kier alpha value is -2.76. The van der Waals surface area contributed by atoms with Crippen LogP contribution in [-0.2, 0) is 17.8 Å². The number of hydrogen-bond donors (Lipinski definition) is 0. The van der Waals surface area contributed by atoms with Crippen molar-refractivity contribution in [1.82, 2.24) is 14.7 Å². The molecule has 1 saturated heterocycles. The molecular weight excluding hydrogens is 318 g/mol. The Labute approximate surface area is 146 Å². The first-order chi connectivity index (χ1) is 12.2. The second kappa shape index (κ2) is 6.63. The van der Waals surface area contributed by atoms with Crippen molar-refractivity contribution in [2.45, 2.75) is 31.8 Å². The van der Waals surface area contributed by atoms with Gasteiger partial charge < -0.3 is 14.1 Å². The van der Waals surface area contributed by atoms with Gasteiger partial charge in [-0.25, -0.2) is 0 Å². The fourth-order valence-electron chi connectivity index (χ4n) is 3.57. The summed E-state index contributed by atoms with van der Waals surface area (Å²) in [5.41, 5.74) is 1.67. The number of carbonyl (C=O) groups excluding carboxylic acids is 1. The fraction of sp³-hybridized carbons (Fsp3) is 0.368. The molecule has 1 aliphatic rings. The number of amides is 1. The van der Waals surface area contributed by atoms with Gasteiger partial charge >= 0.3 is 0 Å². The van der Waals surface area contributed by atoms with Gasteiger partial charge in [-0.05, 0) is 31.0 Å². The van der Waals surface area contributed by atoms with Crippen molar-refractivity contribution in [3.63, 3.8) is 0 Å². The lowest BCUT2D eigenvalue weighted by Gasteiger charge is -2.24. The maximum Gasteiger partial charge on any atom is 0.227 e. The lowest BCUT2D eigenvalue weighted by molar-refractivity contribution is -0.131. The minimum atomic E-state index is 0.146. The number of rotatable bonds is 5. The third-order valence-corrected chi connectivity index (χ3v) is 4.86. The summed E-state index contributed by atoms with van der Waals surface area (Å²) >= 11 is 0. The number of ether oxygens (including phenoxy) is 1. The molecule has 0 saturated carbocycles. The normalized spacial score (nSPS) is 17.3. The van der Waals surface area contributed by atoms with Crippen molar-refractivity contribution in [2.75, 3.05) is 13.7 Å². The average Bonchev–Trinajstić information content (AvgIpc) is 3.36. The molecule has 3 heterocycles. The smallest absolute Gasteiger partial charge is 0.227 e. The Morgan fingerprint density at radius 2 is 2.36 bits per heavy atom. The zero-order valence-corrected chi connectivity index (χ0v) is 14.2. The molecule has 0 bridgehead atoms. The standard InChI is InChI=1S/C19H21N3O3/c1-24-16-5-6-17-14(13-25-18(17)11-16)10-19(23)22-9-2-4-15(22)12-21-8-3-7-20-21/h3,5-8,11,13,15H,2,4,9-10,12H2,1H3/t15-/m0/s1. The summed E-state index contributed by atoms with van der Waals surface area (Å²) in [6, 6.07) is 7.81. The molecule has 4 rings (SSSR count). The zero-order valence-electron chi connectivity index (χ0n) is 14.2. The highest BCUT2D eigenvalue weighted by Gasteiger charge is 2.29. The van der Waals surface area contributed by atoms with E-state index >= 15 is 0 Å². The number of likely N-dealkylation sites (tertiary alicyclic amines) is 1. The van der Waals surface area contributed by atoms with E-state index in [0.717, 1.165) is 48.2 Å². The van der Waals surface area contributed by atoms with Crippen LogP contribution in [0.2, 0.25) is 0 Å². The molecule has 25 heavy (non-hydrogen) atoms. The summed E-state index contributed by atoms with van der Waals surface area (Å²) in [5, 5.41) is 5.23. The number of benzene rings is 1. The molecule has 1 aromatic carbocycles. The van der Waals surface area contributed by atoms with Crippen molar-refractivity contribution in [1.29, 1.82) is 0 Å². The van der Waals surface area contributed by atoms with E-state index in [9.17, 15) is 4.79 Å². The van der Waals surface area contributed by atoms with Crippen LogP contribution in [0.3, 0.4) is 0 Å². The van der Waals surface area contributed by atoms with Gasteiger partial charge in [0.25, 0.3) is 0 Å². The molecule has 0 spiro atoms. The lowest BCUT2D eigenvalue weighted by atomic mass is 10.1. The first kappa shape index (κ1) is 15.7. The molecule has 130 valence electrons. The zero-order chi connectivity index (χ0) is 17.2. The summed E-state index contributed by atoms with van der Waals surface area (Å²) in [7, 11) is 1.63. The highest BCUT2D eigenvalue weighted by molar-refractivity contribution is 5.88. The van der Waals surface area contributed by atoms with Gasteiger partial charge in [-0.3, -0.25) is 9.48 Å². The number of furan rings is 1. The van der Waals surface area contributed by atoms with Crippen molar-refractivity contribution in [3.8, 4) is 5.75 Å². The third-order valence-electron chi connectivity index (χ3n) is 4.86. The van der Waals surface area contributed by atoms with Gasteiger partial charge in [-0.15, -0.1) is 0 Å². The topological polar surface area (TPSA) is 60.5 Å². The van der Waals surface area contributed by atoms with E-state index < -0.39 is 0 Å². The van der Waals surface area contributed by atoms with E-state index in [1.807, 2.05) is 40.0 Å². The van der Waals surface area contributed by atoms with Gasteiger partial charge in [0.2, 0.25) is 5.91 Å². The van der Waals surface area contributed by atoms with Crippen LogP contribution in [0, 0.1) is 0 Å².